The quantitative estimate of drug-likeness (QED) is 0.917. The van der Waals surface area contributed by atoms with Gasteiger partial charge in [0, 0.05) is 20.1 Å². The Morgan fingerprint density at radius 3 is 2.83 bits per heavy atom. The van der Waals surface area contributed by atoms with Gasteiger partial charge < -0.3 is 19.5 Å². The van der Waals surface area contributed by atoms with E-state index < -0.39 is 5.60 Å². The molecule has 1 aromatic carbocycles. The third-order valence-electron chi connectivity index (χ3n) is 4.30. The molecule has 1 aliphatic rings. The lowest BCUT2D eigenvalue weighted by Crippen LogP contribution is -2.50. The van der Waals surface area contributed by atoms with Gasteiger partial charge in [-0.1, -0.05) is 12.1 Å². The molecule has 1 amide bonds. The van der Waals surface area contributed by atoms with Crippen molar-refractivity contribution in [2.45, 2.75) is 45.3 Å². The van der Waals surface area contributed by atoms with E-state index in [9.17, 15) is 4.79 Å². The lowest BCUT2D eigenvalue weighted by atomic mass is 10.1. The van der Waals surface area contributed by atoms with Gasteiger partial charge in [0.25, 0.3) is 0 Å². The van der Waals surface area contributed by atoms with Crippen molar-refractivity contribution in [3.05, 3.63) is 24.3 Å². The number of fused-ring (bicyclic) bond motifs is 1. The summed E-state index contributed by atoms with van der Waals surface area (Å²) in [5.41, 5.74) is 1.53. The molecule has 1 aromatic heterocycles. The minimum Gasteiger partial charge on any atom is -0.444 e. The van der Waals surface area contributed by atoms with E-state index >= 15 is 0 Å². The summed E-state index contributed by atoms with van der Waals surface area (Å²) in [6.07, 6.45) is 1.74. The summed E-state index contributed by atoms with van der Waals surface area (Å²) in [4.78, 5) is 24.3. The van der Waals surface area contributed by atoms with Crippen LogP contribution in [0, 0.1) is 0 Å². The van der Waals surface area contributed by atoms with Crippen molar-refractivity contribution in [1.29, 1.82) is 0 Å². The number of carbonyl (C=O) groups excluding carboxylic acids is 1. The molecule has 1 atom stereocenters. The van der Waals surface area contributed by atoms with Gasteiger partial charge >= 0.3 is 6.09 Å². The third kappa shape index (κ3) is 3.63. The van der Waals surface area contributed by atoms with Crippen LogP contribution in [0.4, 0.5) is 10.7 Å². The summed E-state index contributed by atoms with van der Waals surface area (Å²) in [6.45, 7) is 7.37. The van der Waals surface area contributed by atoms with E-state index in [4.69, 9.17) is 4.74 Å². The fourth-order valence-corrected chi connectivity index (χ4v) is 3.04. The summed E-state index contributed by atoms with van der Waals surface area (Å²) in [5, 5.41) is 0. The van der Waals surface area contributed by atoms with Crippen LogP contribution in [0.25, 0.3) is 11.0 Å². The summed E-state index contributed by atoms with van der Waals surface area (Å²) in [5.74, 6) is 0.874. The van der Waals surface area contributed by atoms with Crippen molar-refractivity contribution in [2.24, 2.45) is 0 Å². The third-order valence-corrected chi connectivity index (χ3v) is 4.30. The molecule has 0 bridgehead atoms. The highest BCUT2D eigenvalue weighted by molar-refractivity contribution is 5.77. The van der Waals surface area contributed by atoms with Gasteiger partial charge in [0.2, 0.25) is 5.95 Å². The minimum atomic E-state index is -0.474. The Balaban J connectivity index is 1.70. The Morgan fingerprint density at radius 2 is 2.12 bits per heavy atom. The number of piperidine rings is 1. The number of aromatic nitrogens is 2. The van der Waals surface area contributed by atoms with Crippen LogP contribution in [0.2, 0.25) is 0 Å². The van der Waals surface area contributed by atoms with Gasteiger partial charge in [-0.3, -0.25) is 0 Å². The van der Waals surface area contributed by atoms with Gasteiger partial charge in [-0.2, -0.15) is 0 Å². The fraction of sp³-hybridized carbons (Fsp3) is 0.556. The van der Waals surface area contributed by atoms with Gasteiger partial charge in [-0.25, -0.2) is 9.78 Å². The molecule has 0 saturated carbocycles. The van der Waals surface area contributed by atoms with Gasteiger partial charge in [0.05, 0.1) is 17.1 Å². The van der Waals surface area contributed by atoms with E-state index in [2.05, 4.69) is 14.9 Å². The Hall–Kier alpha value is -2.24. The smallest absolute Gasteiger partial charge is 0.410 e. The predicted molar refractivity (Wildman–Crippen MR) is 95.3 cm³/mol. The number of carbonyl (C=O) groups is 1. The molecule has 130 valence electrons. The van der Waals surface area contributed by atoms with Crippen molar-refractivity contribution in [2.75, 3.05) is 25.0 Å². The van der Waals surface area contributed by atoms with Crippen molar-refractivity contribution in [3.63, 3.8) is 0 Å². The number of benzene rings is 1. The number of ether oxygens (including phenoxy) is 1. The monoisotopic (exact) mass is 330 g/mol. The lowest BCUT2D eigenvalue weighted by molar-refractivity contribution is 0.0209. The number of anilines is 1. The molecule has 2 aromatic rings. The average Bonchev–Trinajstić information content (AvgIpc) is 2.96. The second kappa shape index (κ2) is 6.34. The topological polar surface area (TPSA) is 61.5 Å². The van der Waals surface area contributed by atoms with Gasteiger partial charge in [0.1, 0.15) is 5.60 Å². The Bertz CT molecular complexity index is 686. The van der Waals surface area contributed by atoms with Crippen LogP contribution >= 0.6 is 0 Å². The fourth-order valence-electron chi connectivity index (χ4n) is 3.04. The largest absolute Gasteiger partial charge is 0.444 e. The highest BCUT2D eigenvalue weighted by Gasteiger charge is 2.30. The molecule has 0 aliphatic carbocycles. The van der Waals surface area contributed by atoms with Crippen molar-refractivity contribution >= 4 is 23.1 Å². The molecule has 1 N–H and O–H groups in total. The lowest BCUT2D eigenvalue weighted by Gasteiger charge is -2.37. The zero-order valence-electron chi connectivity index (χ0n) is 14.9. The molecule has 2 heterocycles. The van der Waals surface area contributed by atoms with E-state index in [1.54, 1.807) is 4.90 Å². The zero-order valence-corrected chi connectivity index (χ0v) is 14.9. The first-order valence-electron chi connectivity index (χ1n) is 8.49. The van der Waals surface area contributed by atoms with Crippen molar-refractivity contribution < 1.29 is 9.53 Å². The first-order valence-corrected chi connectivity index (χ1v) is 8.49. The molecule has 0 spiro atoms. The average molecular weight is 330 g/mol. The maximum absolute atomic E-state index is 12.3. The van der Waals surface area contributed by atoms with Crippen LogP contribution in [-0.2, 0) is 4.74 Å². The van der Waals surface area contributed by atoms with Crippen LogP contribution in [0.15, 0.2) is 24.3 Å². The van der Waals surface area contributed by atoms with Crippen molar-refractivity contribution in [3.8, 4) is 0 Å². The Labute approximate surface area is 142 Å². The first kappa shape index (κ1) is 16.6. The summed E-state index contributed by atoms with van der Waals surface area (Å²) in [7, 11) is 1.82. The predicted octanol–water partition coefficient (Wildman–Crippen LogP) is 3.40. The van der Waals surface area contributed by atoms with Crippen LogP contribution in [0.5, 0.6) is 0 Å². The zero-order chi connectivity index (χ0) is 17.3. The van der Waals surface area contributed by atoms with E-state index in [1.807, 2.05) is 52.1 Å². The molecular weight excluding hydrogens is 304 g/mol. The number of amides is 1. The Morgan fingerprint density at radius 1 is 1.38 bits per heavy atom. The summed E-state index contributed by atoms with van der Waals surface area (Å²) < 4.78 is 5.49. The van der Waals surface area contributed by atoms with Crippen molar-refractivity contribution in [1.82, 2.24) is 14.9 Å². The standard InChI is InChI=1S/C18H26N4O2/c1-18(2,3)24-17(23)21(4)13-8-7-11-22(12-13)16-19-14-9-5-6-10-15(14)20-16/h5-6,9-10,13H,7-8,11-12H2,1-4H3,(H,19,20)/t13-/m0/s1. The number of hydrogen-bond acceptors (Lipinski definition) is 4. The molecule has 1 saturated heterocycles. The maximum atomic E-state index is 12.3. The van der Waals surface area contributed by atoms with Gasteiger partial charge in [-0.15, -0.1) is 0 Å². The Kier molecular flexibility index (Phi) is 4.39. The highest BCUT2D eigenvalue weighted by Crippen LogP contribution is 2.23. The van der Waals surface area contributed by atoms with Gasteiger partial charge in [-0.05, 0) is 45.7 Å². The molecule has 6 nitrogen and oxygen atoms in total. The summed E-state index contributed by atoms with van der Waals surface area (Å²) in [6, 6.07) is 8.15. The maximum Gasteiger partial charge on any atom is 0.410 e. The molecule has 3 rings (SSSR count). The van der Waals surface area contributed by atoms with Crippen LogP contribution < -0.4 is 4.90 Å². The second-order valence-electron chi connectivity index (χ2n) is 7.41. The number of imidazole rings is 1. The number of likely N-dealkylation sites (N-methyl/N-ethyl adjacent to an activating group) is 1. The number of H-pyrrole nitrogens is 1. The van der Waals surface area contributed by atoms with Gasteiger partial charge in [0.15, 0.2) is 0 Å². The normalized spacial score (nSPS) is 18.7. The molecule has 1 fully saturated rings. The molecule has 6 heteroatoms. The summed E-state index contributed by atoms with van der Waals surface area (Å²) >= 11 is 0. The number of rotatable bonds is 2. The number of aromatic amines is 1. The molecule has 0 radical (unpaired) electrons. The first-order chi connectivity index (χ1) is 11.3. The number of nitrogens with zero attached hydrogens (tertiary/aromatic N) is 3. The van der Waals surface area contributed by atoms with E-state index in [0.717, 1.165) is 42.9 Å². The van der Waals surface area contributed by atoms with Crippen LogP contribution in [-0.4, -0.2) is 52.7 Å². The van der Waals surface area contributed by atoms with E-state index in [0.29, 0.717) is 0 Å². The highest BCUT2D eigenvalue weighted by atomic mass is 16.6. The molecule has 1 aliphatic heterocycles. The van der Waals surface area contributed by atoms with E-state index in [1.165, 1.54) is 0 Å². The van der Waals surface area contributed by atoms with E-state index in [-0.39, 0.29) is 12.1 Å². The van der Waals surface area contributed by atoms with Crippen LogP contribution in [0.1, 0.15) is 33.6 Å². The van der Waals surface area contributed by atoms with Crippen LogP contribution in [0.3, 0.4) is 0 Å². The number of hydrogen-bond donors (Lipinski definition) is 1. The SMILES string of the molecule is CN(C(=O)OC(C)(C)C)[C@H]1CCCN(c2nc3ccccc3[nH]2)C1. The second-order valence-corrected chi connectivity index (χ2v) is 7.41. The number of nitrogens with one attached hydrogen (secondary N) is 1. The molecule has 0 unspecified atom stereocenters. The minimum absolute atomic E-state index is 0.127. The molecular formula is C18H26N4O2. The molecule has 24 heavy (non-hydrogen) atoms. The number of para-hydroxylation sites is 2.